The number of allylic oxidation sites excluding steroid dienone is 1. The highest BCUT2D eigenvalue weighted by Gasteiger charge is 2.60. The van der Waals surface area contributed by atoms with Gasteiger partial charge in [-0.05, 0) is 32.1 Å². The van der Waals surface area contributed by atoms with Gasteiger partial charge < -0.3 is 9.84 Å². The number of fused-ring (bicyclic) bond motifs is 1. The monoisotopic (exact) mass is 262 g/mol. The van der Waals surface area contributed by atoms with Crippen LogP contribution in [0.5, 0.6) is 0 Å². The van der Waals surface area contributed by atoms with Crippen LogP contribution in [0.15, 0.2) is 12.2 Å². The Bertz CT molecular complexity index is 434. The van der Waals surface area contributed by atoms with E-state index in [1.807, 2.05) is 6.92 Å². The molecule has 3 nitrogen and oxygen atoms in total. The third kappa shape index (κ3) is 2.24. The van der Waals surface area contributed by atoms with Gasteiger partial charge in [-0.15, -0.1) is 6.42 Å². The van der Waals surface area contributed by atoms with Crippen molar-refractivity contribution in [2.45, 2.75) is 63.8 Å². The van der Waals surface area contributed by atoms with Gasteiger partial charge >= 0.3 is 0 Å². The largest absolute Gasteiger partial charge is 0.365 e. The smallest absolute Gasteiger partial charge is 0.180 e. The lowest BCUT2D eigenvalue weighted by Gasteiger charge is -2.53. The summed E-state index contributed by atoms with van der Waals surface area (Å²) in [6.45, 7) is 6.01. The van der Waals surface area contributed by atoms with E-state index in [4.69, 9.17) is 11.2 Å². The average molecular weight is 262 g/mol. The van der Waals surface area contributed by atoms with Crippen molar-refractivity contribution < 1.29 is 14.6 Å². The van der Waals surface area contributed by atoms with Crippen LogP contribution in [-0.4, -0.2) is 22.8 Å². The molecule has 0 amide bonds. The fourth-order valence-corrected chi connectivity index (χ4v) is 3.36. The molecule has 0 aromatic carbocycles. The van der Waals surface area contributed by atoms with Crippen molar-refractivity contribution in [2.75, 3.05) is 0 Å². The molecule has 0 bridgehead atoms. The van der Waals surface area contributed by atoms with Crippen molar-refractivity contribution in [1.29, 1.82) is 0 Å². The molecule has 2 fully saturated rings. The van der Waals surface area contributed by atoms with Crippen LogP contribution in [0.25, 0.3) is 0 Å². The lowest BCUT2D eigenvalue weighted by molar-refractivity contribution is -0.309. The fourth-order valence-electron chi connectivity index (χ4n) is 3.36. The van der Waals surface area contributed by atoms with Gasteiger partial charge in [0.05, 0.1) is 5.41 Å². The molecule has 1 heterocycles. The third-order valence-electron chi connectivity index (χ3n) is 4.61. The first-order valence-electron chi connectivity index (χ1n) is 7.04. The zero-order valence-electron chi connectivity index (χ0n) is 11.6. The summed E-state index contributed by atoms with van der Waals surface area (Å²) in [5.74, 6) is 1.24. The molecule has 3 heteroatoms. The third-order valence-corrected chi connectivity index (χ3v) is 4.61. The van der Waals surface area contributed by atoms with Crippen molar-refractivity contribution in [3.05, 3.63) is 12.2 Å². The van der Waals surface area contributed by atoms with E-state index in [2.05, 4.69) is 12.5 Å². The summed E-state index contributed by atoms with van der Waals surface area (Å²) < 4.78 is 5.70. The SMILES string of the molecule is C#CC1CCC2(CC(=C)CC)C(=O)CCCC2(O)O1. The van der Waals surface area contributed by atoms with Gasteiger partial charge in [-0.1, -0.05) is 25.0 Å². The van der Waals surface area contributed by atoms with Gasteiger partial charge in [-0.25, -0.2) is 0 Å². The van der Waals surface area contributed by atoms with Gasteiger partial charge in [0.15, 0.2) is 5.79 Å². The highest BCUT2D eigenvalue weighted by atomic mass is 16.6. The van der Waals surface area contributed by atoms with Crippen molar-refractivity contribution in [3.63, 3.8) is 0 Å². The predicted octanol–water partition coefficient (Wildman–Crippen LogP) is 2.58. The molecule has 0 spiro atoms. The Morgan fingerprint density at radius 1 is 1.63 bits per heavy atom. The molecule has 3 atom stereocenters. The quantitative estimate of drug-likeness (QED) is 0.628. The fraction of sp³-hybridized carbons (Fsp3) is 0.688. The minimum Gasteiger partial charge on any atom is -0.365 e. The van der Waals surface area contributed by atoms with Crippen LogP contribution in [0.1, 0.15) is 51.9 Å². The number of carbonyl (C=O) groups is 1. The maximum Gasteiger partial charge on any atom is 0.180 e. The Labute approximate surface area is 115 Å². The van der Waals surface area contributed by atoms with Crippen LogP contribution in [-0.2, 0) is 9.53 Å². The number of aliphatic hydroxyl groups is 1. The Hall–Kier alpha value is -1.11. The minimum atomic E-state index is -1.41. The number of ether oxygens (including phenoxy) is 1. The standard InChI is InChI=1S/C16H22O3/c1-4-12(3)11-15-10-8-13(5-2)19-16(15,18)9-6-7-14(15)17/h2,13,18H,3-4,6-11H2,1H3. The molecule has 19 heavy (non-hydrogen) atoms. The van der Waals surface area contributed by atoms with Crippen molar-refractivity contribution in [1.82, 2.24) is 0 Å². The van der Waals surface area contributed by atoms with Gasteiger partial charge in [-0.3, -0.25) is 4.79 Å². The molecule has 1 aliphatic heterocycles. The lowest BCUT2D eigenvalue weighted by atomic mass is 9.61. The maximum atomic E-state index is 12.5. The molecule has 2 aliphatic rings. The van der Waals surface area contributed by atoms with Crippen molar-refractivity contribution in [3.8, 4) is 12.3 Å². The summed E-state index contributed by atoms with van der Waals surface area (Å²) in [6.07, 6.45) is 9.21. The van der Waals surface area contributed by atoms with Gasteiger partial charge in [0, 0.05) is 12.8 Å². The summed E-state index contributed by atoms with van der Waals surface area (Å²) in [5, 5.41) is 10.9. The summed E-state index contributed by atoms with van der Waals surface area (Å²) in [7, 11) is 0. The normalized spacial score (nSPS) is 38.4. The predicted molar refractivity (Wildman–Crippen MR) is 73.2 cm³/mol. The molecule has 104 valence electrons. The molecule has 1 saturated carbocycles. The van der Waals surface area contributed by atoms with E-state index in [-0.39, 0.29) is 11.9 Å². The van der Waals surface area contributed by atoms with E-state index in [9.17, 15) is 9.90 Å². The second kappa shape index (κ2) is 5.11. The summed E-state index contributed by atoms with van der Waals surface area (Å²) >= 11 is 0. The second-order valence-electron chi connectivity index (χ2n) is 5.74. The van der Waals surface area contributed by atoms with E-state index >= 15 is 0 Å². The number of hydrogen-bond acceptors (Lipinski definition) is 3. The van der Waals surface area contributed by atoms with Crippen molar-refractivity contribution in [2.24, 2.45) is 5.41 Å². The number of ketones is 1. The van der Waals surface area contributed by atoms with Crippen molar-refractivity contribution >= 4 is 5.78 Å². The molecular formula is C16H22O3. The molecule has 0 aromatic rings. The molecule has 1 aliphatic carbocycles. The van der Waals surface area contributed by atoms with Gasteiger partial charge in [-0.2, -0.15) is 0 Å². The first-order chi connectivity index (χ1) is 8.97. The summed E-state index contributed by atoms with van der Waals surface area (Å²) in [5.41, 5.74) is 0.155. The Morgan fingerprint density at radius 2 is 2.37 bits per heavy atom. The molecule has 0 aromatic heterocycles. The molecule has 2 rings (SSSR count). The summed E-state index contributed by atoms with van der Waals surface area (Å²) in [4.78, 5) is 12.5. The molecule has 0 radical (unpaired) electrons. The van der Waals surface area contributed by atoms with Gasteiger partial charge in [0.1, 0.15) is 11.9 Å². The zero-order valence-corrected chi connectivity index (χ0v) is 11.6. The highest BCUT2D eigenvalue weighted by Crippen LogP contribution is 2.53. The first-order valence-corrected chi connectivity index (χ1v) is 7.04. The number of terminal acetylenes is 1. The lowest BCUT2D eigenvalue weighted by Crippen LogP contribution is -2.61. The van der Waals surface area contributed by atoms with E-state index in [0.29, 0.717) is 38.5 Å². The number of Topliss-reactive ketones (excluding diaryl/α,β-unsaturated/α-hetero) is 1. The van der Waals surface area contributed by atoms with Gasteiger partial charge in [0.2, 0.25) is 0 Å². The second-order valence-corrected chi connectivity index (χ2v) is 5.74. The highest BCUT2D eigenvalue weighted by molar-refractivity contribution is 5.87. The molecule has 1 N–H and O–H groups in total. The number of carbonyl (C=O) groups excluding carboxylic acids is 1. The van der Waals surface area contributed by atoms with Crippen LogP contribution >= 0.6 is 0 Å². The Balaban J connectivity index is 2.35. The average Bonchev–Trinajstić information content (AvgIpc) is 2.39. The van der Waals surface area contributed by atoms with Crippen LogP contribution in [0.2, 0.25) is 0 Å². The number of rotatable bonds is 3. The molecule has 1 saturated heterocycles. The topological polar surface area (TPSA) is 46.5 Å². The van der Waals surface area contributed by atoms with Crippen LogP contribution < -0.4 is 0 Å². The molecular weight excluding hydrogens is 240 g/mol. The molecule has 3 unspecified atom stereocenters. The van der Waals surface area contributed by atoms with E-state index in [0.717, 1.165) is 12.0 Å². The minimum absolute atomic E-state index is 0.103. The Kier molecular flexibility index (Phi) is 3.85. The Morgan fingerprint density at radius 3 is 3.00 bits per heavy atom. The maximum absolute atomic E-state index is 12.5. The van der Waals surface area contributed by atoms with Gasteiger partial charge in [0.25, 0.3) is 0 Å². The van der Waals surface area contributed by atoms with Crippen LogP contribution in [0, 0.1) is 17.8 Å². The summed E-state index contributed by atoms with van der Waals surface area (Å²) in [6, 6.07) is 0. The van der Waals surface area contributed by atoms with Crippen LogP contribution in [0.3, 0.4) is 0 Å². The number of hydrogen-bond donors (Lipinski definition) is 1. The zero-order chi connectivity index (χ0) is 14.1. The van der Waals surface area contributed by atoms with E-state index in [1.165, 1.54) is 0 Å². The van der Waals surface area contributed by atoms with E-state index in [1.54, 1.807) is 0 Å². The van der Waals surface area contributed by atoms with Crippen LogP contribution in [0.4, 0.5) is 0 Å². The van der Waals surface area contributed by atoms with E-state index < -0.39 is 11.2 Å². The first kappa shape index (κ1) is 14.3.